The Bertz CT molecular complexity index is 814. The van der Waals surface area contributed by atoms with Crippen molar-refractivity contribution in [1.29, 1.82) is 0 Å². The van der Waals surface area contributed by atoms with Crippen LogP contribution < -0.4 is 10.6 Å². The van der Waals surface area contributed by atoms with Gasteiger partial charge in [-0.3, -0.25) is 9.78 Å². The van der Waals surface area contributed by atoms with Gasteiger partial charge in [0.1, 0.15) is 12.0 Å². The molecule has 2 aliphatic rings. The van der Waals surface area contributed by atoms with Crippen LogP contribution in [0.15, 0.2) is 30.7 Å². The van der Waals surface area contributed by atoms with Crippen molar-refractivity contribution in [2.75, 3.05) is 0 Å². The largest absolute Gasteiger partial charge is 0.433 e. The zero-order valence-corrected chi connectivity index (χ0v) is 13.6. The summed E-state index contributed by atoms with van der Waals surface area (Å²) in [5.41, 5.74) is 0.521. The number of piperidine rings is 1. The summed E-state index contributed by atoms with van der Waals surface area (Å²) in [5, 5.41) is 6.11. The zero-order chi connectivity index (χ0) is 18.3. The van der Waals surface area contributed by atoms with Crippen molar-refractivity contribution in [2.45, 2.75) is 37.6 Å². The minimum absolute atomic E-state index is 0.0615. The number of nitrogens with one attached hydrogen (secondary N) is 2. The van der Waals surface area contributed by atoms with E-state index in [4.69, 9.17) is 0 Å². The van der Waals surface area contributed by atoms with E-state index in [2.05, 4.69) is 25.6 Å². The Balaban J connectivity index is 1.40. The second-order valence-electron chi connectivity index (χ2n) is 6.60. The highest BCUT2D eigenvalue weighted by molar-refractivity contribution is 5.82. The standard InChI is InChI=1S/C17H16F3N5O/c18-17(19,20)15-2-1-9(6-21-15)12-5-11(23-8-24-12)7-22-16(26)14-4-10-3-13(10)25-14/h1-2,5-6,8,10,13-14,25H,3-4,7H2,(H,22,26)/t10?,13?,14-/m0/s1. The molecule has 9 heteroatoms. The van der Waals surface area contributed by atoms with E-state index in [0.717, 1.165) is 25.1 Å². The van der Waals surface area contributed by atoms with Crippen molar-refractivity contribution in [3.05, 3.63) is 42.1 Å². The minimum Gasteiger partial charge on any atom is -0.349 e. The maximum atomic E-state index is 12.6. The number of rotatable bonds is 4. The van der Waals surface area contributed by atoms with Crippen molar-refractivity contribution in [1.82, 2.24) is 25.6 Å². The van der Waals surface area contributed by atoms with Crippen LogP contribution in [0, 0.1) is 5.92 Å². The van der Waals surface area contributed by atoms with Gasteiger partial charge in [0, 0.05) is 17.8 Å². The Labute approximate surface area is 147 Å². The van der Waals surface area contributed by atoms with Gasteiger partial charge in [-0.1, -0.05) is 0 Å². The lowest BCUT2D eigenvalue weighted by Gasteiger charge is -2.13. The quantitative estimate of drug-likeness (QED) is 0.868. The van der Waals surface area contributed by atoms with Gasteiger partial charge < -0.3 is 10.6 Å². The van der Waals surface area contributed by atoms with Crippen molar-refractivity contribution < 1.29 is 18.0 Å². The Morgan fingerprint density at radius 2 is 2.08 bits per heavy atom. The summed E-state index contributed by atoms with van der Waals surface area (Å²) in [4.78, 5) is 23.7. The van der Waals surface area contributed by atoms with Gasteiger partial charge in [0.25, 0.3) is 0 Å². The van der Waals surface area contributed by atoms with Gasteiger partial charge in [-0.25, -0.2) is 9.97 Å². The molecule has 136 valence electrons. The summed E-state index contributed by atoms with van der Waals surface area (Å²) in [7, 11) is 0. The van der Waals surface area contributed by atoms with Gasteiger partial charge in [-0.2, -0.15) is 13.2 Å². The maximum Gasteiger partial charge on any atom is 0.433 e. The van der Waals surface area contributed by atoms with Gasteiger partial charge in [-0.05, 0) is 37.0 Å². The molecular weight excluding hydrogens is 347 g/mol. The van der Waals surface area contributed by atoms with E-state index in [1.807, 2.05) is 0 Å². The summed E-state index contributed by atoms with van der Waals surface area (Å²) in [5.74, 6) is 0.567. The smallest absolute Gasteiger partial charge is 0.349 e. The van der Waals surface area contributed by atoms with Crippen LogP contribution in [0.4, 0.5) is 13.2 Å². The summed E-state index contributed by atoms with van der Waals surface area (Å²) in [6.45, 7) is 0.232. The summed E-state index contributed by atoms with van der Waals surface area (Å²) in [6, 6.07) is 4.19. The van der Waals surface area contributed by atoms with Crippen LogP contribution in [0.5, 0.6) is 0 Å². The molecule has 3 atom stereocenters. The van der Waals surface area contributed by atoms with Crippen LogP contribution in [0.2, 0.25) is 0 Å². The molecule has 1 aliphatic heterocycles. The molecule has 0 aromatic carbocycles. The first-order chi connectivity index (χ1) is 12.4. The highest BCUT2D eigenvalue weighted by Gasteiger charge is 2.47. The number of aromatic nitrogens is 3. The number of hydrogen-bond acceptors (Lipinski definition) is 5. The number of fused-ring (bicyclic) bond motifs is 1. The number of carbonyl (C=O) groups is 1. The van der Waals surface area contributed by atoms with Crippen LogP contribution in [0.25, 0.3) is 11.3 Å². The van der Waals surface area contributed by atoms with Crippen LogP contribution >= 0.6 is 0 Å². The number of hydrogen-bond donors (Lipinski definition) is 2. The highest BCUT2D eigenvalue weighted by Crippen LogP contribution is 2.40. The fourth-order valence-corrected chi connectivity index (χ4v) is 3.19. The molecule has 2 fully saturated rings. The lowest BCUT2D eigenvalue weighted by molar-refractivity contribution is -0.141. The first-order valence-electron chi connectivity index (χ1n) is 8.28. The number of pyridine rings is 1. The van der Waals surface area contributed by atoms with E-state index < -0.39 is 11.9 Å². The average Bonchev–Trinajstić information content (AvgIpc) is 3.24. The van der Waals surface area contributed by atoms with Crippen molar-refractivity contribution in [3.8, 4) is 11.3 Å². The fourth-order valence-electron chi connectivity index (χ4n) is 3.19. The zero-order valence-electron chi connectivity index (χ0n) is 13.6. The molecular formula is C17H16F3N5O. The molecule has 3 heterocycles. The number of amides is 1. The monoisotopic (exact) mass is 363 g/mol. The van der Waals surface area contributed by atoms with E-state index in [9.17, 15) is 18.0 Å². The maximum absolute atomic E-state index is 12.6. The van der Waals surface area contributed by atoms with E-state index in [1.54, 1.807) is 6.07 Å². The first-order valence-corrected chi connectivity index (χ1v) is 8.28. The van der Waals surface area contributed by atoms with Crippen molar-refractivity contribution in [3.63, 3.8) is 0 Å². The van der Waals surface area contributed by atoms with Crippen LogP contribution in [0.1, 0.15) is 24.2 Å². The molecule has 2 N–H and O–H groups in total. The molecule has 1 saturated carbocycles. The first kappa shape index (κ1) is 16.9. The molecule has 1 amide bonds. The molecule has 1 aliphatic carbocycles. The topological polar surface area (TPSA) is 79.8 Å². The number of carbonyl (C=O) groups excluding carboxylic acids is 1. The van der Waals surface area contributed by atoms with E-state index in [1.165, 1.54) is 12.4 Å². The fraction of sp³-hybridized carbons (Fsp3) is 0.412. The van der Waals surface area contributed by atoms with Gasteiger partial charge in [0.05, 0.1) is 24.0 Å². The third-order valence-electron chi connectivity index (χ3n) is 4.71. The Morgan fingerprint density at radius 1 is 1.23 bits per heavy atom. The molecule has 1 saturated heterocycles. The highest BCUT2D eigenvalue weighted by atomic mass is 19.4. The van der Waals surface area contributed by atoms with E-state index >= 15 is 0 Å². The molecule has 4 rings (SSSR count). The molecule has 0 spiro atoms. The average molecular weight is 363 g/mol. The normalized spacial score (nSPS) is 24.2. The number of halogens is 3. The second kappa shape index (κ2) is 6.31. The number of alkyl halides is 3. The lowest BCUT2D eigenvalue weighted by atomic mass is 10.1. The van der Waals surface area contributed by atoms with Gasteiger partial charge in [0.2, 0.25) is 5.91 Å². The molecule has 0 radical (unpaired) electrons. The lowest BCUT2D eigenvalue weighted by Crippen LogP contribution is -2.42. The third kappa shape index (κ3) is 3.52. The Kier molecular flexibility index (Phi) is 4.10. The summed E-state index contributed by atoms with van der Waals surface area (Å²) in [6.07, 6.45) is -0.0167. The van der Waals surface area contributed by atoms with Crippen LogP contribution in [0.3, 0.4) is 0 Å². The predicted molar refractivity (Wildman–Crippen MR) is 85.5 cm³/mol. The van der Waals surface area contributed by atoms with Crippen LogP contribution in [-0.4, -0.2) is 32.9 Å². The van der Waals surface area contributed by atoms with E-state index in [-0.39, 0.29) is 18.5 Å². The molecule has 26 heavy (non-hydrogen) atoms. The summed E-state index contributed by atoms with van der Waals surface area (Å²) >= 11 is 0. The molecule has 2 unspecified atom stereocenters. The SMILES string of the molecule is O=C(NCc1cc(-c2ccc(C(F)(F)F)nc2)ncn1)[C@@H]1CC2CC2N1. The predicted octanol–water partition coefficient (Wildman–Crippen LogP) is 1.92. The third-order valence-corrected chi connectivity index (χ3v) is 4.71. The van der Waals surface area contributed by atoms with Gasteiger partial charge in [0.15, 0.2) is 0 Å². The Hall–Kier alpha value is -2.55. The second-order valence-corrected chi connectivity index (χ2v) is 6.60. The minimum atomic E-state index is -4.48. The number of nitrogens with zero attached hydrogens (tertiary/aromatic N) is 3. The Morgan fingerprint density at radius 3 is 2.73 bits per heavy atom. The molecule has 6 nitrogen and oxygen atoms in total. The molecule has 2 aromatic rings. The molecule has 2 aromatic heterocycles. The summed E-state index contributed by atoms with van der Waals surface area (Å²) < 4.78 is 37.8. The van der Waals surface area contributed by atoms with E-state index in [0.29, 0.717) is 28.9 Å². The van der Waals surface area contributed by atoms with Crippen molar-refractivity contribution in [2.24, 2.45) is 5.92 Å². The molecule has 0 bridgehead atoms. The van der Waals surface area contributed by atoms with Gasteiger partial charge >= 0.3 is 6.18 Å². The van der Waals surface area contributed by atoms with Crippen LogP contribution in [-0.2, 0) is 17.5 Å². The van der Waals surface area contributed by atoms with Crippen molar-refractivity contribution >= 4 is 5.91 Å². The van der Waals surface area contributed by atoms with Gasteiger partial charge in [-0.15, -0.1) is 0 Å².